The number of hydroxylamine groups is 1. The van der Waals surface area contributed by atoms with Gasteiger partial charge in [0.2, 0.25) is 5.91 Å². The summed E-state index contributed by atoms with van der Waals surface area (Å²) in [5, 5.41) is 0. The van der Waals surface area contributed by atoms with E-state index in [-0.39, 0.29) is 5.91 Å². The van der Waals surface area contributed by atoms with Gasteiger partial charge in [0.1, 0.15) is 0 Å². The van der Waals surface area contributed by atoms with Crippen LogP contribution in [0.3, 0.4) is 0 Å². The number of amides is 1. The first-order valence-corrected chi connectivity index (χ1v) is 1.87. The molecule has 0 rings (SSSR count). The summed E-state index contributed by atoms with van der Waals surface area (Å²) in [6.45, 7) is 1.28. The standard InChI is InChI=1S/C2H5NO3S/c1-2(4)3-5-6-7/h7H,1H3,(H,3,4). The van der Waals surface area contributed by atoms with Crippen LogP contribution in [0.25, 0.3) is 0 Å². The molecule has 7 heavy (non-hydrogen) atoms. The molecule has 0 heterocycles. The lowest BCUT2D eigenvalue weighted by atomic mass is 10.8. The van der Waals surface area contributed by atoms with Gasteiger partial charge >= 0.3 is 0 Å². The van der Waals surface area contributed by atoms with E-state index in [1.54, 1.807) is 0 Å². The summed E-state index contributed by atoms with van der Waals surface area (Å²) in [4.78, 5) is 13.7. The number of carbonyl (C=O) groups excluding carboxylic acids is 1. The summed E-state index contributed by atoms with van der Waals surface area (Å²) in [5.41, 5.74) is 1.86. The van der Waals surface area contributed by atoms with Crippen molar-refractivity contribution in [3.63, 3.8) is 0 Å². The summed E-state index contributed by atoms with van der Waals surface area (Å²) in [6, 6.07) is 0. The molecule has 0 spiro atoms. The molecule has 0 saturated heterocycles. The predicted molar refractivity (Wildman–Crippen MR) is 25.0 cm³/mol. The van der Waals surface area contributed by atoms with E-state index in [1.165, 1.54) is 6.92 Å². The molecule has 5 heteroatoms. The average Bonchev–Trinajstić information content (AvgIpc) is 1.61. The van der Waals surface area contributed by atoms with Crippen molar-refractivity contribution in [2.24, 2.45) is 0 Å². The number of rotatable bonds is 2. The number of hydrogen-bond acceptors (Lipinski definition) is 4. The highest BCUT2D eigenvalue weighted by Crippen LogP contribution is 1.73. The van der Waals surface area contributed by atoms with Gasteiger partial charge in [0, 0.05) is 19.8 Å². The van der Waals surface area contributed by atoms with Gasteiger partial charge < -0.3 is 0 Å². The van der Waals surface area contributed by atoms with Gasteiger partial charge in [0.25, 0.3) is 0 Å². The van der Waals surface area contributed by atoms with E-state index in [0.717, 1.165) is 0 Å². The van der Waals surface area contributed by atoms with Gasteiger partial charge in [-0.1, -0.05) is 4.99 Å². The fraction of sp³-hybridized carbons (Fsp3) is 0.500. The van der Waals surface area contributed by atoms with E-state index >= 15 is 0 Å². The highest BCUT2D eigenvalue weighted by molar-refractivity contribution is 7.74. The van der Waals surface area contributed by atoms with Gasteiger partial charge in [0.15, 0.2) is 0 Å². The van der Waals surface area contributed by atoms with Crippen molar-refractivity contribution in [1.82, 2.24) is 5.48 Å². The third-order valence-corrected chi connectivity index (χ3v) is 0.297. The summed E-state index contributed by atoms with van der Waals surface area (Å²) in [7, 11) is 0. The SMILES string of the molecule is CC(=O)NOOS. The third kappa shape index (κ3) is 5.74. The largest absolute Gasteiger partial charge is 0.273 e. The Bertz CT molecular complexity index is 66.0. The van der Waals surface area contributed by atoms with Crippen LogP contribution in [0.15, 0.2) is 0 Å². The minimum atomic E-state index is -0.339. The lowest BCUT2D eigenvalue weighted by molar-refractivity contribution is -0.238. The van der Waals surface area contributed by atoms with Gasteiger partial charge in [-0.3, -0.25) is 4.79 Å². The molecule has 0 bridgehead atoms. The highest BCUT2D eigenvalue weighted by Gasteiger charge is 1.84. The highest BCUT2D eigenvalue weighted by atomic mass is 32.1. The number of nitrogens with one attached hydrogen (secondary N) is 1. The third-order valence-electron chi connectivity index (χ3n) is 0.223. The zero-order chi connectivity index (χ0) is 5.70. The molecule has 0 aliphatic heterocycles. The zero-order valence-corrected chi connectivity index (χ0v) is 4.57. The van der Waals surface area contributed by atoms with Crippen molar-refractivity contribution in [2.75, 3.05) is 0 Å². The quantitative estimate of drug-likeness (QED) is 0.232. The van der Waals surface area contributed by atoms with Gasteiger partial charge in [-0.05, 0) is 0 Å². The Morgan fingerprint density at radius 1 is 1.86 bits per heavy atom. The Morgan fingerprint density at radius 3 is 2.57 bits per heavy atom. The molecule has 0 radical (unpaired) electrons. The molecule has 0 aromatic heterocycles. The summed E-state index contributed by atoms with van der Waals surface area (Å²) in [5.74, 6) is -0.339. The van der Waals surface area contributed by atoms with Crippen LogP contribution in [0.4, 0.5) is 0 Å². The lowest BCUT2D eigenvalue weighted by Crippen LogP contribution is -2.18. The molecule has 0 aliphatic rings. The molecule has 0 atom stereocenters. The topological polar surface area (TPSA) is 47.6 Å². The van der Waals surface area contributed by atoms with Crippen molar-refractivity contribution >= 4 is 18.8 Å². The second-order valence-electron chi connectivity index (χ2n) is 0.816. The molecule has 1 amide bonds. The normalized spacial score (nSPS) is 8.29. The second-order valence-corrected chi connectivity index (χ2v) is 0.965. The van der Waals surface area contributed by atoms with Crippen molar-refractivity contribution < 1.29 is 14.1 Å². The van der Waals surface area contributed by atoms with Crippen LogP contribution in [-0.2, 0) is 14.1 Å². The number of carbonyl (C=O) groups is 1. The van der Waals surface area contributed by atoms with Crippen LogP contribution in [0, 0.1) is 0 Å². The predicted octanol–water partition coefficient (Wildman–Crippen LogP) is -0.169. The maximum atomic E-state index is 9.85. The minimum Gasteiger partial charge on any atom is -0.273 e. The summed E-state index contributed by atoms with van der Waals surface area (Å²) in [6.07, 6.45) is 0. The van der Waals surface area contributed by atoms with Crippen LogP contribution in [-0.4, -0.2) is 5.91 Å². The first-order valence-electron chi connectivity index (χ1n) is 1.51. The maximum Gasteiger partial charge on any atom is 0.242 e. The average molecular weight is 123 g/mol. The molecule has 1 N–H and O–H groups in total. The van der Waals surface area contributed by atoms with Crippen LogP contribution in [0.1, 0.15) is 6.92 Å². The summed E-state index contributed by atoms with van der Waals surface area (Å²) >= 11 is 3.16. The lowest BCUT2D eigenvalue weighted by Gasteiger charge is -1.92. The minimum absolute atomic E-state index is 0.339. The molecular formula is C2H5NO3S. The van der Waals surface area contributed by atoms with E-state index in [2.05, 4.69) is 22.2 Å². The Hall–Kier alpha value is -0.260. The molecule has 0 fully saturated rings. The van der Waals surface area contributed by atoms with Crippen molar-refractivity contribution in [3.8, 4) is 0 Å². The molecule has 0 aliphatic carbocycles. The van der Waals surface area contributed by atoms with Crippen LogP contribution < -0.4 is 5.48 Å². The van der Waals surface area contributed by atoms with Crippen LogP contribution in [0.5, 0.6) is 0 Å². The molecule has 0 saturated carbocycles. The van der Waals surface area contributed by atoms with E-state index in [9.17, 15) is 4.79 Å². The molecule has 0 unspecified atom stereocenters. The van der Waals surface area contributed by atoms with Crippen LogP contribution in [0.2, 0.25) is 0 Å². The van der Waals surface area contributed by atoms with Gasteiger partial charge in [-0.25, -0.2) is 5.48 Å². The van der Waals surface area contributed by atoms with E-state index in [0.29, 0.717) is 0 Å². The van der Waals surface area contributed by atoms with E-state index in [1.807, 2.05) is 5.48 Å². The molecular weight excluding hydrogens is 118 g/mol. The Morgan fingerprint density at radius 2 is 2.43 bits per heavy atom. The van der Waals surface area contributed by atoms with Crippen LogP contribution >= 0.6 is 12.9 Å². The molecule has 0 aromatic carbocycles. The second kappa shape index (κ2) is 3.91. The molecule has 42 valence electrons. The first-order chi connectivity index (χ1) is 3.27. The van der Waals surface area contributed by atoms with Crippen molar-refractivity contribution in [2.45, 2.75) is 6.92 Å². The van der Waals surface area contributed by atoms with Gasteiger partial charge in [-0.15, -0.1) is 4.33 Å². The van der Waals surface area contributed by atoms with Gasteiger partial charge in [-0.2, -0.15) is 0 Å². The van der Waals surface area contributed by atoms with E-state index < -0.39 is 0 Å². The Labute approximate surface area is 46.3 Å². The zero-order valence-electron chi connectivity index (χ0n) is 3.67. The fourth-order valence-electron chi connectivity index (χ4n) is 0.0773. The Kier molecular flexibility index (Phi) is 3.77. The smallest absolute Gasteiger partial charge is 0.242 e. The molecule has 4 nitrogen and oxygen atoms in total. The van der Waals surface area contributed by atoms with Crippen molar-refractivity contribution in [1.29, 1.82) is 0 Å². The summed E-state index contributed by atoms with van der Waals surface area (Å²) < 4.78 is 3.72. The van der Waals surface area contributed by atoms with Crippen molar-refractivity contribution in [3.05, 3.63) is 0 Å². The Balaban J connectivity index is 2.82. The molecule has 0 aromatic rings. The number of hydrogen-bond donors (Lipinski definition) is 2. The monoisotopic (exact) mass is 123 g/mol. The number of thiol groups is 1. The fourth-order valence-corrected chi connectivity index (χ4v) is 0.115. The first kappa shape index (κ1) is 6.74. The van der Waals surface area contributed by atoms with Gasteiger partial charge in [0.05, 0.1) is 0 Å². The van der Waals surface area contributed by atoms with E-state index in [4.69, 9.17) is 0 Å². The maximum absolute atomic E-state index is 9.85.